The zero-order valence-corrected chi connectivity index (χ0v) is 10.1. The highest BCUT2D eigenvalue weighted by molar-refractivity contribution is 7.76. The molecule has 0 saturated carbocycles. The zero-order valence-electron chi connectivity index (χ0n) is 8.28. The lowest BCUT2D eigenvalue weighted by atomic mass is 10.6. The molecule has 0 aromatic carbocycles. The van der Waals surface area contributed by atoms with Crippen molar-refractivity contribution in [1.29, 1.82) is 0 Å². The van der Waals surface area contributed by atoms with Crippen LogP contribution < -0.4 is 10.6 Å². The van der Waals surface area contributed by atoms with Crippen molar-refractivity contribution in [3.63, 3.8) is 0 Å². The van der Waals surface area contributed by atoms with Gasteiger partial charge in [0.05, 0.1) is 6.29 Å². The first kappa shape index (κ1) is 16.1. The van der Waals surface area contributed by atoms with Crippen LogP contribution in [0.2, 0.25) is 0 Å². The first-order valence-electron chi connectivity index (χ1n) is 4.19. The second-order valence-electron chi connectivity index (χ2n) is 2.96. The zero-order chi connectivity index (χ0) is 12.8. The van der Waals surface area contributed by atoms with Crippen molar-refractivity contribution in [2.45, 2.75) is 0 Å². The van der Waals surface area contributed by atoms with Gasteiger partial charge < -0.3 is 20.4 Å². The Kier molecular flexibility index (Phi) is 6.73. The molecule has 7 N–H and O–H groups in total. The summed E-state index contributed by atoms with van der Waals surface area (Å²) < 4.78 is 10.4. The molecule has 9 nitrogen and oxygen atoms in total. The van der Waals surface area contributed by atoms with Gasteiger partial charge in [0.2, 0.25) is 0 Å². The fourth-order valence-corrected chi connectivity index (χ4v) is 1.48. The van der Waals surface area contributed by atoms with E-state index in [4.69, 9.17) is 24.5 Å². The van der Waals surface area contributed by atoms with Gasteiger partial charge in [-0.1, -0.05) is 0 Å². The molecule has 0 amide bonds. The van der Waals surface area contributed by atoms with Gasteiger partial charge in [0, 0.05) is 13.1 Å². The van der Waals surface area contributed by atoms with Crippen molar-refractivity contribution in [2.24, 2.45) is 0 Å². The number of hydrogen-bond donors (Lipinski definition) is 7. The maximum Gasteiger partial charge on any atom is 0.480 e. The molecule has 0 aliphatic rings. The molecule has 0 saturated heterocycles. The summed E-state index contributed by atoms with van der Waals surface area (Å²) in [6.07, 6.45) is -0.473. The smallest absolute Gasteiger partial charge is 0.324 e. The molecule has 0 aromatic rings. The molecular formula is C5H15N2O7P2+. The monoisotopic (exact) mass is 277 g/mol. The molecule has 0 atom stereocenters. The minimum Gasteiger partial charge on any atom is -0.324 e. The van der Waals surface area contributed by atoms with Crippen LogP contribution in [-0.4, -0.2) is 55.9 Å². The largest absolute Gasteiger partial charge is 0.480 e. The van der Waals surface area contributed by atoms with Gasteiger partial charge >= 0.3 is 21.1 Å². The van der Waals surface area contributed by atoms with E-state index in [2.05, 4.69) is 10.6 Å². The van der Waals surface area contributed by atoms with Gasteiger partial charge in [-0.25, -0.2) is 4.79 Å². The predicted octanol–water partition coefficient (Wildman–Crippen LogP) is -2.43. The lowest BCUT2D eigenvalue weighted by Crippen LogP contribution is -2.32. The predicted molar refractivity (Wildman–Crippen MR) is 56.4 cm³/mol. The van der Waals surface area contributed by atoms with Crippen LogP contribution in [0.1, 0.15) is 0 Å². The molecule has 0 aliphatic carbocycles. The highest BCUT2D eigenvalue weighted by Gasteiger charge is 2.41. The maximum atomic E-state index is 10.7. The van der Waals surface area contributed by atoms with Crippen LogP contribution in [0.15, 0.2) is 0 Å². The van der Waals surface area contributed by atoms with Crippen LogP contribution in [-0.2, 0) is 9.36 Å². The third-order valence-corrected chi connectivity index (χ3v) is 2.87. The van der Waals surface area contributed by atoms with E-state index < -0.39 is 33.9 Å². The molecule has 0 heterocycles. The molecule has 0 spiro atoms. The lowest BCUT2D eigenvalue weighted by Gasteiger charge is -2.07. The first-order valence-corrected chi connectivity index (χ1v) is 7.64. The Morgan fingerprint density at radius 1 is 1.12 bits per heavy atom. The molecular weight excluding hydrogens is 262 g/mol. The van der Waals surface area contributed by atoms with E-state index in [1.54, 1.807) is 0 Å². The standard InChI is InChI=1S/C5H14N2O7P2/c8-5(16(12,13)14)3-6-1-2-7-4-15(9,10)11/h6-7,12-14H,1-4H2,(H-,9,10,11)/p+1. The summed E-state index contributed by atoms with van der Waals surface area (Å²) in [5.41, 5.74) is -1.11. The van der Waals surface area contributed by atoms with Gasteiger partial charge in [-0.2, -0.15) is 14.7 Å². The van der Waals surface area contributed by atoms with Crippen LogP contribution >= 0.6 is 15.5 Å². The average molecular weight is 277 g/mol. The van der Waals surface area contributed by atoms with E-state index >= 15 is 0 Å². The Labute approximate surface area is 92.2 Å². The van der Waals surface area contributed by atoms with Gasteiger partial charge in [-0.05, 0) is 0 Å². The summed E-state index contributed by atoms with van der Waals surface area (Å²) >= 11 is 0. The summed E-state index contributed by atoms with van der Waals surface area (Å²) in [7, 11) is -8.52. The Bertz CT molecular complexity index is 272. The summed E-state index contributed by atoms with van der Waals surface area (Å²) in [5, 5.41) is 4.88. The Balaban J connectivity index is 3.49. The van der Waals surface area contributed by atoms with Gasteiger partial charge in [0.25, 0.3) is 0 Å². The van der Waals surface area contributed by atoms with E-state index in [1.807, 2.05) is 0 Å². The molecule has 0 rings (SSSR count). The third-order valence-electron chi connectivity index (χ3n) is 1.41. The topological polar surface area (TPSA) is 159 Å². The molecule has 11 heteroatoms. The Hall–Kier alpha value is 0.0500. The summed E-state index contributed by atoms with van der Waals surface area (Å²) in [5.74, 6) is 0. The fourth-order valence-electron chi connectivity index (χ4n) is 0.703. The van der Waals surface area contributed by atoms with Crippen LogP contribution in [0.4, 0.5) is 0 Å². The average Bonchev–Trinajstić information content (AvgIpc) is 2.07. The Morgan fingerprint density at radius 3 is 2.06 bits per heavy atom. The van der Waals surface area contributed by atoms with Crippen molar-refractivity contribution >= 4 is 21.1 Å². The molecule has 16 heavy (non-hydrogen) atoms. The first-order chi connectivity index (χ1) is 7.13. The number of rotatable bonds is 8. The molecule has 0 radical (unpaired) electrons. The number of hydrogen-bond acceptors (Lipinski definition) is 7. The van der Waals surface area contributed by atoms with Gasteiger partial charge in [-0.15, -0.1) is 0 Å². The highest BCUT2D eigenvalue weighted by atomic mass is 31.2. The molecule has 0 unspecified atom stereocenters. The van der Waals surface area contributed by atoms with Crippen molar-refractivity contribution in [1.82, 2.24) is 10.6 Å². The van der Waals surface area contributed by atoms with E-state index in [9.17, 15) is 9.36 Å². The number of carbonyl (C=O) groups excluding carboxylic acids is 1. The molecule has 0 fully saturated rings. The van der Waals surface area contributed by atoms with Gasteiger partial charge in [0.1, 0.15) is 6.54 Å². The van der Waals surface area contributed by atoms with Crippen molar-refractivity contribution < 1.29 is 33.8 Å². The molecule has 0 aliphatic heterocycles. The normalized spacial score (nSPS) is 12.8. The molecule has 0 aromatic heterocycles. The minimum atomic E-state index is -4.44. The second kappa shape index (κ2) is 6.70. The fraction of sp³-hybridized carbons (Fsp3) is 0.800. The van der Waals surface area contributed by atoms with E-state index in [1.165, 1.54) is 0 Å². The van der Waals surface area contributed by atoms with E-state index in [0.717, 1.165) is 0 Å². The van der Waals surface area contributed by atoms with Crippen molar-refractivity contribution in [3.05, 3.63) is 0 Å². The van der Waals surface area contributed by atoms with Crippen LogP contribution in [0.25, 0.3) is 0 Å². The van der Waals surface area contributed by atoms with Gasteiger partial charge in [0.15, 0.2) is 0 Å². The SMILES string of the molecule is O=C(CNCCNCP(=O)(O)O)[P+](O)(O)O. The second-order valence-corrected chi connectivity index (χ2v) is 6.24. The van der Waals surface area contributed by atoms with E-state index in [-0.39, 0.29) is 13.1 Å². The quantitative estimate of drug-likeness (QED) is 0.189. The number of nitrogens with one attached hydrogen (secondary N) is 2. The van der Waals surface area contributed by atoms with Crippen LogP contribution in [0.5, 0.6) is 0 Å². The highest BCUT2D eigenvalue weighted by Crippen LogP contribution is 2.44. The lowest BCUT2D eigenvalue weighted by molar-refractivity contribution is -0.113. The number of carbonyl (C=O) groups is 1. The Morgan fingerprint density at radius 2 is 1.62 bits per heavy atom. The summed E-state index contributed by atoms with van der Waals surface area (Å²) in [6, 6.07) is 0. The van der Waals surface area contributed by atoms with E-state index in [0.29, 0.717) is 0 Å². The molecule has 0 bridgehead atoms. The van der Waals surface area contributed by atoms with Gasteiger partial charge in [-0.3, -0.25) is 4.57 Å². The van der Waals surface area contributed by atoms with Crippen molar-refractivity contribution in [2.75, 3.05) is 25.9 Å². The summed E-state index contributed by atoms with van der Waals surface area (Å²) in [4.78, 5) is 53.2. The molecule has 96 valence electrons. The third kappa shape index (κ3) is 9.29. The van der Waals surface area contributed by atoms with Crippen LogP contribution in [0.3, 0.4) is 0 Å². The van der Waals surface area contributed by atoms with Crippen LogP contribution in [0, 0.1) is 0 Å². The maximum absolute atomic E-state index is 10.7. The van der Waals surface area contributed by atoms with Crippen molar-refractivity contribution in [3.8, 4) is 0 Å². The summed E-state index contributed by atoms with van der Waals surface area (Å²) in [6.45, 7) is -0.0489. The minimum absolute atomic E-state index is 0.186.